The number of carbonyl (C=O) groups excluding carboxylic acids is 1. The number of benzene rings is 1. The zero-order valence-electron chi connectivity index (χ0n) is 11.5. The number of piperidine rings is 1. The van der Waals surface area contributed by atoms with Crippen LogP contribution >= 0.6 is 0 Å². The summed E-state index contributed by atoms with van der Waals surface area (Å²) in [5.74, 6) is -0.564. The minimum absolute atomic E-state index is 0.146. The van der Waals surface area contributed by atoms with Gasteiger partial charge in [0.05, 0.1) is 5.56 Å². The molecule has 2 saturated heterocycles. The third-order valence-electron chi connectivity index (χ3n) is 4.37. The molecule has 1 unspecified atom stereocenters. The Kier molecular flexibility index (Phi) is 3.61. The van der Waals surface area contributed by atoms with Gasteiger partial charge in [-0.05, 0) is 37.6 Å². The summed E-state index contributed by atoms with van der Waals surface area (Å²) in [5.41, 5.74) is 6.44. The molecule has 2 N–H and O–H groups in total. The van der Waals surface area contributed by atoms with E-state index in [4.69, 9.17) is 5.73 Å². The van der Waals surface area contributed by atoms with Crippen molar-refractivity contribution < 1.29 is 9.18 Å². The largest absolute Gasteiger partial charge is 0.398 e. The van der Waals surface area contributed by atoms with Crippen LogP contribution in [-0.2, 0) is 0 Å². The quantitative estimate of drug-likeness (QED) is 0.795. The number of nitrogens with zero attached hydrogens (tertiary/aromatic N) is 2. The average molecular weight is 277 g/mol. The fourth-order valence-electron chi connectivity index (χ4n) is 3.22. The first-order valence-electron chi connectivity index (χ1n) is 7.23. The molecular formula is C15H20FN3O. The maximum atomic E-state index is 13.3. The molecule has 0 saturated carbocycles. The van der Waals surface area contributed by atoms with Crippen LogP contribution in [0, 0.1) is 5.82 Å². The van der Waals surface area contributed by atoms with E-state index in [1.54, 1.807) is 0 Å². The molecule has 1 amide bonds. The summed E-state index contributed by atoms with van der Waals surface area (Å²) in [6, 6.07) is 4.44. The van der Waals surface area contributed by atoms with Gasteiger partial charge in [0.2, 0.25) is 0 Å². The first-order chi connectivity index (χ1) is 9.65. The minimum atomic E-state index is -0.418. The van der Waals surface area contributed by atoms with E-state index < -0.39 is 5.82 Å². The fourth-order valence-corrected chi connectivity index (χ4v) is 3.22. The van der Waals surface area contributed by atoms with Crippen LogP contribution in [0.3, 0.4) is 0 Å². The van der Waals surface area contributed by atoms with Crippen molar-refractivity contribution in [2.45, 2.75) is 25.3 Å². The van der Waals surface area contributed by atoms with Crippen molar-refractivity contribution in [3.05, 3.63) is 29.6 Å². The average Bonchev–Trinajstić information content (AvgIpc) is 2.48. The van der Waals surface area contributed by atoms with Crippen molar-refractivity contribution in [2.24, 2.45) is 0 Å². The Labute approximate surface area is 118 Å². The molecule has 1 aromatic carbocycles. The topological polar surface area (TPSA) is 49.6 Å². The molecule has 0 spiro atoms. The number of nitrogens with two attached hydrogens (primary N) is 1. The number of rotatable bonds is 1. The van der Waals surface area contributed by atoms with Crippen LogP contribution in [0.4, 0.5) is 10.1 Å². The lowest BCUT2D eigenvalue weighted by Crippen LogP contribution is -2.56. The highest BCUT2D eigenvalue weighted by molar-refractivity contribution is 5.99. The number of anilines is 1. The lowest BCUT2D eigenvalue weighted by Gasteiger charge is -2.44. The van der Waals surface area contributed by atoms with Crippen LogP contribution in [0.2, 0.25) is 0 Å². The van der Waals surface area contributed by atoms with Gasteiger partial charge in [-0.3, -0.25) is 9.69 Å². The van der Waals surface area contributed by atoms with Gasteiger partial charge in [0.1, 0.15) is 5.82 Å². The van der Waals surface area contributed by atoms with E-state index in [9.17, 15) is 9.18 Å². The zero-order valence-corrected chi connectivity index (χ0v) is 11.5. The van der Waals surface area contributed by atoms with Gasteiger partial charge in [-0.25, -0.2) is 4.39 Å². The highest BCUT2D eigenvalue weighted by atomic mass is 19.1. The van der Waals surface area contributed by atoms with Crippen molar-refractivity contribution in [3.8, 4) is 0 Å². The summed E-state index contributed by atoms with van der Waals surface area (Å²) in [6.07, 6.45) is 3.62. The van der Waals surface area contributed by atoms with E-state index in [1.807, 2.05) is 4.90 Å². The van der Waals surface area contributed by atoms with Gasteiger partial charge in [0, 0.05) is 31.4 Å². The molecule has 5 heteroatoms. The van der Waals surface area contributed by atoms with Gasteiger partial charge in [-0.2, -0.15) is 0 Å². The van der Waals surface area contributed by atoms with E-state index in [-0.39, 0.29) is 11.5 Å². The Bertz CT molecular complexity index is 520. The van der Waals surface area contributed by atoms with E-state index >= 15 is 0 Å². The lowest BCUT2D eigenvalue weighted by atomic mass is 9.99. The SMILES string of the molecule is Nc1ccc(F)cc1C(=O)N1CCN2CCCCC2C1. The van der Waals surface area contributed by atoms with Crippen LogP contribution in [-0.4, -0.2) is 47.9 Å². The molecule has 0 bridgehead atoms. The Morgan fingerprint density at radius 1 is 1.25 bits per heavy atom. The highest BCUT2D eigenvalue weighted by Crippen LogP contribution is 2.23. The van der Waals surface area contributed by atoms with Gasteiger partial charge in [0.15, 0.2) is 0 Å². The summed E-state index contributed by atoms with van der Waals surface area (Å²) < 4.78 is 13.3. The number of fused-ring (bicyclic) bond motifs is 1. The van der Waals surface area contributed by atoms with E-state index in [0.717, 1.165) is 26.1 Å². The van der Waals surface area contributed by atoms with Crippen molar-refractivity contribution in [1.82, 2.24) is 9.80 Å². The number of carbonyl (C=O) groups is 1. The number of piperazine rings is 1. The Morgan fingerprint density at radius 2 is 2.10 bits per heavy atom. The third-order valence-corrected chi connectivity index (χ3v) is 4.37. The third kappa shape index (κ3) is 2.50. The van der Waals surface area contributed by atoms with Gasteiger partial charge >= 0.3 is 0 Å². The molecule has 2 heterocycles. The molecule has 0 aromatic heterocycles. The summed E-state index contributed by atoms with van der Waals surface area (Å²) in [4.78, 5) is 16.8. The second kappa shape index (κ2) is 5.40. The lowest BCUT2D eigenvalue weighted by molar-refractivity contribution is 0.0373. The second-order valence-corrected chi connectivity index (χ2v) is 5.67. The minimum Gasteiger partial charge on any atom is -0.398 e. The van der Waals surface area contributed by atoms with Crippen molar-refractivity contribution in [2.75, 3.05) is 31.9 Å². The summed E-state index contributed by atoms with van der Waals surface area (Å²) in [5, 5.41) is 0. The van der Waals surface area contributed by atoms with Gasteiger partial charge in [-0.15, -0.1) is 0 Å². The number of hydrogen-bond donors (Lipinski definition) is 1. The summed E-state index contributed by atoms with van der Waals surface area (Å²) >= 11 is 0. The molecule has 3 rings (SSSR count). The van der Waals surface area contributed by atoms with Crippen molar-refractivity contribution >= 4 is 11.6 Å². The monoisotopic (exact) mass is 277 g/mol. The summed E-state index contributed by atoms with van der Waals surface area (Å²) in [6.45, 7) is 3.47. The number of halogens is 1. The van der Waals surface area contributed by atoms with Crippen molar-refractivity contribution in [3.63, 3.8) is 0 Å². The predicted octanol–water partition coefficient (Wildman–Crippen LogP) is 1.72. The molecule has 0 aliphatic carbocycles. The molecule has 108 valence electrons. The number of hydrogen-bond acceptors (Lipinski definition) is 3. The smallest absolute Gasteiger partial charge is 0.256 e. The first kappa shape index (κ1) is 13.4. The molecule has 20 heavy (non-hydrogen) atoms. The fraction of sp³-hybridized carbons (Fsp3) is 0.533. The molecular weight excluding hydrogens is 257 g/mol. The molecule has 1 atom stereocenters. The molecule has 0 radical (unpaired) electrons. The number of amides is 1. The molecule has 2 aliphatic heterocycles. The van der Waals surface area contributed by atoms with Gasteiger partial charge < -0.3 is 10.6 Å². The molecule has 2 aliphatic rings. The maximum absolute atomic E-state index is 13.3. The van der Waals surface area contributed by atoms with Gasteiger partial charge in [0.25, 0.3) is 5.91 Å². The Balaban J connectivity index is 1.76. The molecule has 1 aromatic rings. The van der Waals surface area contributed by atoms with Gasteiger partial charge in [-0.1, -0.05) is 6.42 Å². The highest BCUT2D eigenvalue weighted by Gasteiger charge is 2.31. The standard InChI is InChI=1S/C15H20FN3O/c16-11-4-5-14(17)13(9-11)15(20)19-8-7-18-6-2-1-3-12(18)10-19/h4-5,9,12H,1-3,6-8,10,17H2. The van der Waals surface area contributed by atoms with E-state index in [0.29, 0.717) is 18.3 Å². The summed E-state index contributed by atoms with van der Waals surface area (Å²) in [7, 11) is 0. The van der Waals surface area contributed by atoms with Crippen LogP contribution in [0.1, 0.15) is 29.6 Å². The van der Waals surface area contributed by atoms with Crippen LogP contribution in [0.15, 0.2) is 18.2 Å². The van der Waals surface area contributed by atoms with E-state index in [1.165, 1.54) is 31.0 Å². The number of nitrogen functional groups attached to an aromatic ring is 1. The Morgan fingerprint density at radius 3 is 2.95 bits per heavy atom. The predicted molar refractivity (Wildman–Crippen MR) is 75.9 cm³/mol. The normalized spacial score (nSPS) is 23.4. The zero-order chi connectivity index (χ0) is 14.1. The van der Waals surface area contributed by atoms with Crippen LogP contribution < -0.4 is 5.73 Å². The first-order valence-corrected chi connectivity index (χ1v) is 7.23. The second-order valence-electron chi connectivity index (χ2n) is 5.67. The molecule has 4 nitrogen and oxygen atoms in total. The van der Waals surface area contributed by atoms with Crippen molar-refractivity contribution in [1.29, 1.82) is 0 Å². The Hall–Kier alpha value is -1.62. The maximum Gasteiger partial charge on any atom is 0.256 e. The van der Waals surface area contributed by atoms with Crippen LogP contribution in [0.25, 0.3) is 0 Å². The van der Waals surface area contributed by atoms with E-state index in [2.05, 4.69) is 4.90 Å². The van der Waals surface area contributed by atoms with Crippen LogP contribution in [0.5, 0.6) is 0 Å². The molecule has 2 fully saturated rings.